The molecule has 6 heteroatoms. The molecule has 0 atom stereocenters. The van der Waals surface area contributed by atoms with Gasteiger partial charge in [-0.05, 0) is 29.8 Å². The van der Waals surface area contributed by atoms with Crippen LogP contribution in [0.1, 0.15) is 19.4 Å². The average Bonchev–Trinajstić information content (AvgIpc) is 2.65. The van der Waals surface area contributed by atoms with E-state index in [1.165, 1.54) is 12.1 Å². The Hall–Kier alpha value is -2.76. The maximum absolute atomic E-state index is 13.1. The summed E-state index contributed by atoms with van der Waals surface area (Å²) in [6.45, 7) is 4.82. The third kappa shape index (κ3) is 4.88. The smallest absolute Gasteiger partial charge is 0.195 e. The Bertz CT molecular complexity index is 758. The Labute approximate surface area is 154 Å². The van der Waals surface area contributed by atoms with E-state index in [1.54, 1.807) is 21.3 Å². The first-order valence-electron chi connectivity index (χ1n) is 8.35. The maximum Gasteiger partial charge on any atom is 0.195 e. The number of guanidine groups is 1. The number of rotatable bonds is 6. The van der Waals surface area contributed by atoms with Crippen molar-refractivity contribution in [3.8, 4) is 11.5 Å². The molecule has 2 rings (SSSR count). The molecule has 26 heavy (non-hydrogen) atoms. The van der Waals surface area contributed by atoms with Crippen molar-refractivity contribution < 1.29 is 13.9 Å². The lowest BCUT2D eigenvalue weighted by Crippen LogP contribution is -2.40. The van der Waals surface area contributed by atoms with E-state index in [-0.39, 0.29) is 11.2 Å². The molecule has 0 heterocycles. The predicted molar refractivity (Wildman–Crippen MR) is 104 cm³/mol. The van der Waals surface area contributed by atoms with Crippen LogP contribution in [-0.2, 0) is 5.41 Å². The number of nitrogens with zero attached hydrogens (tertiary/aromatic N) is 1. The number of ether oxygens (including phenoxy) is 2. The second kappa shape index (κ2) is 8.56. The van der Waals surface area contributed by atoms with E-state index in [9.17, 15) is 4.39 Å². The normalized spacial score (nSPS) is 11.8. The van der Waals surface area contributed by atoms with Crippen LogP contribution in [0.15, 0.2) is 47.5 Å². The van der Waals surface area contributed by atoms with Crippen molar-refractivity contribution in [1.29, 1.82) is 0 Å². The summed E-state index contributed by atoms with van der Waals surface area (Å²) in [6, 6.07) is 12.1. The summed E-state index contributed by atoms with van der Waals surface area (Å²) in [4.78, 5) is 4.25. The summed E-state index contributed by atoms with van der Waals surface area (Å²) in [5, 5.41) is 6.54. The highest BCUT2D eigenvalue weighted by molar-refractivity contribution is 5.93. The van der Waals surface area contributed by atoms with Gasteiger partial charge >= 0.3 is 0 Å². The zero-order chi connectivity index (χ0) is 19.2. The van der Waals surface area contributed by atoms with Gasteiger partial charge in [-0.25, -0.2) is 4.39 Å². The van der Waals surface area contributed by atoms with Crippen LogP contribution in [-0.4, -0.2) is 33.8 Å². The van der Waals surface area contributed by atoms with Gasteiger partial charge in [0, 0.05) is 30.8 Å². The maximum atomic E-state index is 13.1. The minimum atomic E-state index is -0.233. The first kappa shape index (κ1) is 19.6. The third-order valence-corrected chi connectivity index (χ3v) is 4.19. The Morgan fingerprint density at radius 1 is 1.04 bits per heavy atom. The Balaban J connectivity index is 2.04. The van der Waals surface area contributed by atoms with Crippen molar-refractivity contribution in [2.75, 3.05) is 33.1 Å². The molecular formula is C20H26FN3O2. The van der Waals surface area contributed by atoms with Crippen molar-refractivity contribution in [1.82, 2.24) is 5.32 Å². The van der Waals surface area contributed by atoms with Crippen LogP contribution in [0.3, 0.4) is 0 Å². The fraction of sp³-hybridized carbons (Fsp3) is 0.350. The molecule has 0 aliphatic heterocycles. The van der Waals surface area contributed by atoms with Crippen LogP contribution in [0.4, 0.5) is 10.1 Å². The van der Waals surface area contributed by atoms with Gasteiger partial charge in [0.15, 0.2) is 17.5 Å². The predicted octanol–water partition coefficient (Wildman–Crippen LogP) is 3.81. The second-order valence-electron chi connectivity index (χ2n) is 6.51. The van der Waals surface area contributed by atoms with E-state index in [1.807, 2.05) is 30.3 Å². The van der Waals surface area contributed by atoms with Gasteiger partial charge in [0.1, 0.15) is 5.82 Å². The van der Waals surface area contributed by atoms with Crippen LogP contribution in [0.5, 0.6) is 11.5 Å². The number of anilines is 1. The molecule has 0 unspecified atom stereocenters. The molecule has 0 fully saturated rings. The molecule has 5 nitrogen and oxygen atoms in total. The topological polar surface area (TPSA) is 54.9 Å². The monoisotopic (exact) mass is 359 g/mol. The highest BCUT2D eigenvalue weighted by Gasteiger charge is 2.21. The Kier molecular flexibility index (Phi) is 6.44. The van der Waals surface area contributed by atoms with Gasteiger partial charge in [0.2, 0.25) is 0 Å². The molecule has 0 spiro atoms. The molecule has 2 aromatic rings. The van der Waals surface area contributed by atoms with Gasteiger partial charge < -0.3 is 20.1 Å². The van der Waals surface area contributed by atoms with Crippen LogP contribution in [0.25, 0.3) is 0 Å². The van der Waals surface area contributed by atoms with Gasteiger partial charge in [-0.1, -0.05) is 26.0 Å². The van der Waals surface area contributed by atoms with Crippen molar-refractivity contribution >= 4 is 11.6 Å². The van der Waals surface area contributed by atoms with Crippen molar-refractivity contribution in [2.45, 2.75) is 19.3 Å². The van der Waals surface area contributed by atoms with Crippen molar-refractivity contribution in [3.05, 3.63) is 53.8 Å². The largest absolute Gasteiger partial charge is 0.493 e. The standard InChI is InChI=1S/C20H26FN3O2/c1-20(2,14-6-8-15(21)9-7-14)13-23-19(22-3)24-16-10-11-17(25-4)18(12-16)26-5/h6-12H,13H2,1-5H3,(H2,22,23,24). The number of hydrogen-bond donors (Lipinski definition) is 2. The molecule has 2 N–H and O–H groups in total. The van der Waals surface area contributed by atoms with Crippen LogP contribution < -0.4 is 20.1 Å². The van der Waals surface area contributed by atoms with E-state index in [0.717, 1.165) is 11.3 Å². The Morgan fingerprint density at radius 3 is 2.27 bits per heavy atom. The van der Waals surface area contributed by atoms with E-state index in [2.05, 4.69) is 29.5 Å². The van der Waals surface area contributed by atoms with E-state index in [0.29, 0.717) is 24.0 Å². The fourth-order valence-electron chi connectivity index (χ4n) is 2.54. The average molecular weight is 359 g/mol. The number of halogens is 1. The molecule has 0 bridgehead atoms. The number of methoxy groups -OCH3 is 2. The van der Waals surface area contributed by atoms with E-state index in [4.69, 9.17) is 9.47 Å². The number of aliphatic imine (C=N–C) groups is 1. The summed E-state index contributed by atoms with van der Waals surface area (Å²) in [6.07, 6.45) is 0. The minimum Gasteiger partial charge on any atom is -0.493 e. The Morgan fingerprint density at radius 2 is 1.69 bits per heavy atom. The zero-order valence-corrected chi connectivity index (χ0v) is 15.9. The molecule has 0 radical (unpaired) electrons. The van der Waals surface area contributed by atoms with Crippen LogP contribution in [0, 0.1) is 5.82 Å². The molecule has 0 saturated heterocycles. The zero-order valence-electron chi connectivity index (χ0n) is 15.9. The molecule has 0 aliphatic carbocycles. The lowest BCUT2D eigenvalue weighted by Gasteiger charge is -2.27. The molecule has 0 amide bonds. The molecule has 140 valence electrons. The van der Waals surface area contributed by atoms with Crippen LogP contribution >= 0.6 is 0 Å². The molecular weight excluding hydrogens is 333 g/mol. The summed E-state index contributed by atoms with van der Waals surface area (Å²) in [5.74, 6) is 1.70. The van der Waals surface area contributed by atoms with Gasteiger partial charge in [-0.3, -0.25) is 4.99 Å². The minimum absolute atomic E-state index is 0.192. The first-order valence-corrected chi connectivity index (χ1v) is 8.35. The lowest BCUT2D eigenvalue weighted by atomic mass is 9.84. The van der Waals surface area contributed by atoms with Crippen molar-refractivity contribution in [2.24, 2.45) is 4.99 Å². The quantitative estimate of drug-likeness (QED) is 0.608. The highest BCUT2D eigenvalue weighted by atomic mass is 19.1. The van der Waals surface area contributed by atoms with Crippen LogP contribution in [0.2, 0.25) is 0 Å². The fourth-order valence-corrected chi connectivity index (χ4v) is 2.54. The summed E-state index contributed by atoms with van der Waals surface area (Å²) in [7, 11) is 4.91. The summed E-state index contributed by atoms with van der Waals surface area (Å²) < 4.78 is 23.7. The molecule has 0 aromatic heterocycles. The van der Waals surface area contributed by atoms with E-state index >= 15 is 0 Å². The highest BCUT2D eigenvalue weighted by Crippen LogP contribution is 2.29. The second-order valence-corrected chi connectivity index (χ2v) is 6.51. The number of hydrogen-bond acceptors (Lipinski definition) is 3. The summed E-state index contributed by atoms with van der Waals surface area (Å²) >= 11 is 0. The van der Waals surface area contributed by atoms with Gasteiger partial charge in [0.25, 0.3) is 0 Å². The third-order valence-electron chi connectivity index (χ3n) is 4.19. The van der Waals surface area contributed by atoms with Gasteiger partial charge in [-0.2, -0.15) is 0 Å². The summed E-state index contributed by atoms with van der Waals surface area (Å²) in [5.41, 5.74) is 1.69. The van der Waals surface area contributed by atoms with Gasteiger partial charge in [0.05, 0.1) is 14.2 Å². The number of nitrogens with one attached hydrogen (secondary N) is 2. The van der Waals surface area contributed by atoms with Crippen molar-refractivity contribution in [3.63, 3.8) is 0 Å². The molecule has 0 saturated carbocycles. The van der Waals surface area contributed by atoms with E-state index < -0.39 is 0 Å². The van der Waals surface area contributed by atoms with Gasteiger partial charge in [-0.15, -0.1) is 0 Å². The number of benzene rings is 2. The molecule has 2 aromatic carbocycles. The lowest BCUT2D eigenvalue weighted by molar-refractivity contribution is 0.355. The first-order chi connectivity index (χ1) is 12.4. The molecule has 0 aliphatic rings. The SMILES string of the molecule is CN=C(NCC(C)(C)c1ccc(F)cc1)Nc1ccc(OC)c(OC)c1.